The van der Waals surface area contributed by atoms with Crippen molar-refractivity contribution in [3.63, 3.8) is 0 Å². The molecular formula is C12H23P. The van der Waals surface area contributed by atoms with E-state index < -0.39 is 0 Å². The minimum Gasteiger partial charge on any atom is -0.110 e. The van der Waals surface area contributed by atoms with Gasteiger partial charge in [0.2, 0.25) is 0 Å². The number of fused-ring (bicyclic) bond motifs is 2. The molecule has 2 bridgehead atoms. The van der Waals surface area contributed by atoms with Gasteiger partial charge in [-0.1, -0.05) is 20.8 Å². The molecule has 3 saturated carbocycles. The van der Waals surface area contributed by atoms with E-state index in [4.69, 9.17) is 0 Å². The Hall–Kier alpha value is 0.430. The van der Waals surface area contributed by atoms with Crippen LogP contribution in [0.4, 0.5) is 0 Å². The van der Waals surface area contributed by atoms with Crippen molar-refractivity contribution in [1.29, 1.82) is 0 Å². The van der Waals surface area contributed by atoms with Gasteiger partial charge in [-0.05, 0) is 55.0 Å². The monoisotopic (exact) mass is 198 g/mol. The van der Waals surface area contributed by atoms with Crippen LogP contribution in [0.15, 0.2) is 0 Å². The fraction of sp³-hybridized carbons (Fsp3) is 1.00. The lowest BCUT2D eigenvalue weighted by Gasteiger charge is -2.63. The van der Waals surface area contributed by atoms with Crippen LogP contribution < -0.4 is 0 Å². The van der Waals surface area contributed by atoms with Crippen molar-refractivity contribution >= 4 is 7.92 Å². The molecule has 0 amide bonds. The van der Waals surface area contributed by atoms with E-state index in [1.807, 2.05) is 0 Å². The quantitative estimate of drug-likeness (QED) is 0.562. The summed E-state index contributed by atoms with van der Waals surface area (Å²) in [5.41, 5.74) is 1.76. The van der Waals surface area contributed by atoms with Crippen molar-refractivity contribution in [2.24, 2.45) is 23.2 Å². The average Bonchev–Trinajstić information content (AvgIpc) is 2.02. The maximum absolute atomic E-state index is 2.51. The molecule has 0 saturated heterocycles. The summed E-state index contributed by atoms with van der Waals surface area (Å²) in [7, 11) is 0.304. The molecule has 0 aromatic carbocycles. The first-order valence-electron chi connectivity index (χ1n) is 5.61. The molecule has 0 heterocycles. The van der Waals surface area contributed by atoms with Crippen molar-refractivity contribution in [3.8, 4) is 0 Å². The van der Waals surface area contributed by atoms with Gasteiger partial charge >= 0.3 is 0 Å². The molecule has 3 aliphatic rings. The van der Waals surface area contributed by atoms with E-state index in [1.54, 1.807) is 0 Å². The van der Waals surface area contributed by atoms with Crippen LogP contribution in [0.25, 0.3) is 0 Å². The second-order valence-corrected chi connectivity index (χ2v) is 8.58. The fourth-order valence-corrected chi connectivity index (χ4v) is 5.63. The van der Waals surface area contributed by atoms with E-state index in [1.165, 1.54) is 12.8 Å². The predicted octanol–water partition coefficient (Wildman–Crippen LogP) is 3.80. The summed E-state index contributed by atoms with van der Waals surface area (Å²) in [5.74, 6) is 3.10. The molecule has 13 heavy (non-hydrogen) atoms. The largest absolute Gasteiger partial charge is 0.110 e. The molecular weight excluding hydrogens is 175 g/mol. The highest BCUT2D eigenvalue weighted by molar-refractivity contribution is 7.56. The van der Waals surface area contributed by atoms with Crippen LogP contribution in [-0.4, -0.2) is 19.0 Å². The Labute approximate surface area is 84.2 Å². The Morgan fingerprint density at radius 2 is 1.77 bits per heavy atom. The van der Waals surface area contributed by atoms with Crippen LogP contribution in [-0.2, 0) is 0 Å². The van der Waals surface area contributed by atoms with E-state index in [2.05, 4.69) is 34.1 Å². The Bertz CT molecular complexity index is 205. The molecule has 3 rings (SSSR count). The van der Waals surface area contributed by atoms with Gasteiger partial charge in [0.15, 0.2) is 0 Å². The third kappa shape index (κ3) is 1.29. The first-order valence-corrected chi connectivity index (χ1v) is 7.91. The second-order valence-electron chi connectivity index (χ2n) is 5.99. The SMILES string of the molecule is CC1C(P(C)C)CC2CC1C2(C)C. The lowest BCUT2D eigenvalue weighted by Crippen LogP contribution is -2.56. The summed E-state index contributed by atoms with van der Waals surface area (Å²) < 4.78 is 0. The first-order chi connectivity index (χ1) is 5.94. The Kier molecular flexibility index (Phi) is 2.27. The van der Waals surface area contributed by atoms with Gasteiger partial charge in [-0.25, -0.2) is 0 Å². The van der Waals surface area contributed by atoms with Crippen molar-refractivity contribution in [1.82, 2.24) is 0 Å². The van der Waals surface area contributed by atoms with Gasteiger partial charge in [0.25, 0.3) is 0 Å². The highest BCUT2D eigenvalue weighted by Crippen LogP contribution is 2.65. The number of rotatable bonds is 1. The normalized spacial score (nSPS) is 47.5. The Balaban J connectivity index is 2.12. The maximum Gasteiger partial charge on any atom is -0.0183 e. The van der Waals surface area contributed by atoms with Gasteiger partial charge in [-0.2, -0.15) is 0 Å². The summed E-state index contributed by atoms with van der Waals surface area (Å²) in [6.45, 7) is 12.4. The molecule has 0 nitrogen and oxygen atoms in total. The Morgan fingerprint density at radius 3 is 2.15 bits per heavy atom. The lowest BCUT2D eigenvalue weighted by molar-refractivity contribution is -0.0958. The van der Waals surface area contributed by atoms with Crippen LogP contribution in [0.1, 0.15) is 33.6 Å². The zero-order valence-electron chi connectivity index (χ0n) is 9.67. The molecule has 4 unspecified atom stereocenters. The van der Waals surface area contributed by atoms with Crippen molar-refractivity contribution in [3.05, 3.63) is 0 Å². The van der Waals surface area contributed by atoms with E-state index in [0.717, 1.165) is 23.4 Å². The van der Waals surface area contributed by atoms with Crippen molar-refractivity contribution in [2.75, 3.05) is 13.3 Å². The molecule has 0 aliphatic heterocycles. The summed E-state index contributed by atoms with van der Waals surface area (Å²) in [4.78, 5) is 0. The van der Waals surface area contributed by atoms with E-state index in [9.17, 15) is 0 Å². The fourth-order valence-electron chi connectivity index (χ4n) is 3.80. The number of hydrogen-bond donors (Lipinski definition) is 0. The molecule has 0 radical (unpaired) electrons. The summed E-state index contributed by atoms with van der Waals surface area (Å²) in [6.07, 6.45) is 3.07. The summed E-state index contributed by atoms with van der Waals surface area (Å²) in [6, 6.07) is 0. The van der Waals surface area contributed by atoms with E-state index in [-0.39, 0.29) is 0 Å². The highest BCUT2D eigenvalue weighted by atomic mass is 31.1. The Morgan fingerprint density at radius 1 is 1.15 bits per heavy atom. The minimum absolute atomic E-state index is 0.304. The third-order valence-corrected chi connectivity index (χ3v) is 6.98. The first kappa shape index (κ1) is 9.97. The van der Waals surface area contributed by atoms with E-state index in [0.29, 0.717) is 13.3 Å². The van der Waals surface area contributed by atoms with Crippen LogP contribution in [0.5, 0.6) is 0 Å². The molecule has 0 N–H and O–H groups in total. The predicted molar refractivity (Wildman–Crippen MR) is 61.7 cm³/mol. The van der Waals surface area contributed by atoms with E-state index >= 15 is 0 Å². The zero-order chi connectivity index (χ0) is 9.80. The van der Waals surface area contributed by atoms with Gasteiger partial charge < -0.3 is 0 Å². The molecule has 0 aromatic heterocycles. The summed E-state index contributed by atoms with van der Waals surface area (Å²) in [5, 5.41) is 0. The number of hydrogen-bond acceptors (Lipinski definition) is 0. The summed E-state index contributed by atoms with van der Waals surface area (Å²) >= 11 is 0. The van der Waals surface area contributed by atoms with Gasteiger partial charge in [-0.15, -0.1) is 7.92 Å². The van der Waals surface area contributed by atoms with Crippen LogP contribution >= 0.6 is 7.92 Å². The van der Waals surface area contributed by atoms with Gasteiger partial charge in [0, 0.05) is 0 Å². The highest BCUT2D eigenvalue weighted by Gasteiger charge is 2.56. The second kappa shape index (κ2) is 2.96. The van der Waals surface area contributed by atoms with Crippen LogP contribution in [0.2, 0.25) is 0 Å². The topological polar surface area (TPSA) is 0 Å². The maximum atomic E-state index is 2.51. The van der Waals surface area contributed by atoms with Crippen LogP contribution in [0, 0.1) is 23.2 Å². The lowest BCUT2D eigenvalue weighted by atomic mass is 9.46. The molecule has 4 atom stereocenters. The van der Waals surface area contributed by atoms with Crippen molar-refractivity contribution in [2.45, 2.75) is 39.3 Å². The standard InChI is InChI=1S/C12H23P/c1-8-10-6-9(12(10,2)3)7-11(8)13(4)5/h8-11H,6-7H2,1-5H3. The molecule has 0 aromatic rings. The van der Waals surface area contributed by atoms with Crippen molar-refractivity contribution < 1.29 is 0 Å². The minimum atomic E-state index is 0.304. The van der Waals surface area contributed by atoms with Gasteiger partial charge in [-0.3, -0.25) is 0 Å². The molecule has 3 fully saturated rings. The molecule has 1 heteroatoms. The molecule has 0 spiro atoms. The smallest absolute Gasteiger partial charge is 0.0183 e. The van der Waals surface area contributed by atoms with Gasteiger partial charge in [0.1, 0.15) is 0 Å². The van der Waals surface area contributed by atoms with Crippen LogP contribution in [0.3, 0.4) is 0 Å². The zero-order valence-corrected chi connectivity index (χ0v) is 10.6. The molecule has 3 aliphatic carbocycles. The third-order valence-electron chi connectivity index (χ3n) is 4.98. The average molecular weight is 198 g/mol. The van der Waals surface area contributed by atoms with Gasteiger partial charge in [0.05, 0.1) is 0 Å². The molecule has 76 valence electrons.